The Labute approximate surface area is 107 Å². The second-order valence-electron chi connectivity index (χ2n) is 6.37. The van der Waals surface area contributed by atoms with Crippen LogP contribution in [0.3, 0.4) is 0 Å². The Kier molecular flexibility index (Phi) is 5.64. The molecule has 0 aromatic heterocycles. The van der Waals surface area contributed by atoms with Crippen LogP contribution in [0, 0.1) is 5.41 Å². The van der Waals surface area contributed by atoms with Crippen LogP contribution in [0.15, 0.2) is 0 Å². The molecule has 0 radical (unpaired) electrons. The Bertz CT molecular complexity index is 237. The fourth-order valence-electron chi connectivity index (χ4n) is 2.71. The third kappa shape index (κ3) is 5.20. The summed E-state index contributed by atoms with van der Waals surface area (Å²) >= 11 is 0. The van der Waals surface area contributed by atoms with Gasteiger partial charge in [0.05, 0.1) is 0 Å². The summed E-state index contributed by atoms with van der Waals surface area (Å²) in [6, 6.07) is 0.750. The van der Waals surface area contributed by atoms with Crippen molar-refractivity contribution >= 4 is 5.78 Å². The van der Waals surface area contributed by atoms with Crippen molar-refractivity contribution in [2.45, 2.75) is 71.8 Å². The molecule has 17 heavy (non-hydrogen) atoms. The van der Waals surface area contributed by atoms with Crippen molar-refractivity contribution in [3.8, 4) is 0 Å². The summed E-state index contributed by atoms with van der Waals surface area (Å²) in [5.74, 6) is 0.406. The van der Waals surface area contributed by atoms with Gasteiger partial charge in [0, 0.05) is 18.9 Å². The molecule has 2 heteroatoms. The zero-order valence-corrected chi connectivity index (χ0v) is 12.1. The smallest absolute Gasteiger partial charge is 0.132 e. The van der Waals surface area contributed by atoms with E-state index in [2.05, 4.69) is 25.8 Å². The monoisotopic (exact) mass is 239 g/mol. The van der Waals surface area contributed by atoms with E-state index in [9.17, 15) is 4.79 Å². The molecule has 0 aliphatic heterocycles. The maximum Gasteiger partial charge on any atom is 0.132 e. The molecule has 0 bridgehead atoms. The molecule has 0 amide bonds. The number of carbonyl (C=O) groups excluding carboxylic acids is 1. The molecule has 0 atom stereocenters. The number of hydrogen-bond donors (Lipinski definition) is 0. The quantitative estimate of drug-likeness (QED) is 0.705. The molecule has 100 valence electrons. The Balaban J connectivity index is 2.20. The highest BCUT2D eigenvalue weighted by Gasteiger charge is 2.28. The maximum absolute atomic E-state index is 11.2. The van der Waals surface area contributed by atoms with E-state index in [4.69, 9.17) is 0 Å². The van der Waals surface area contributed by atoms with Gasteiger partial charge < -0.3 is 4.90 Å². The summed E-state index contributed by atoms with van der Waals surface area (Å²) in [7, 11) is 2.22. The van der Waals surface area contributed by atoms with Gasteiger partial charge in [-0.05, 0) is 51.1 Å². The van der Waals surface area contributed by atoms with Gasteiger partial charge in [-0.2, -0.15) is 0 Å². The number of carbonyl (C=O) groups is 1. The molecule has 0 saturated heterocycles. The first kappa shape index (κ1) is 14.7. The molecule has 0 unspecified atom stereocenters. The predicted octanol–water partition coefficient (Wildman–Crippen LogP) is 3.65. The van der Waals surface area contributed by atoms with Gasteiger partial charge in [-0.15, -0.1) is 0 Å². The zero-order chi connectivity index (χ0) is 12.9. The third-order valence-corrected chi connectivity index (χ3v) is 4.29. The molecule has 0 N–H and O–H groups in total. The van der Waals surface area contributed by atoms with E-state index in [-0.39, 0.29) is 0 Å². The van der Waals surface area contributed by atoms with Crippen LogP contribution in [-0.2, 0) is 4.79 Å². The van der Waals surface area contributed by atoms with E-state index in [1.807, 2.05) is 6.92 Å². The standard InChI is InChI=1S/C15H29NO/c1-5-14(17)7-6-12-16(4)13-8-10-15(2,3)11-9-13/h13H,5-12H2,1-4H3. The van der Waals surface area contributed by atoms with Crippen LogP contribution in [0.25, 0.3) is 0 Å². The number of rotatable bonds is 6. The highest BCUT2D eigenvalue weighted by atomic mass is 16.1. The topological polar surface area (TPSA) is 20.3 Å². The van der Waals surface area contributed by atoms with E-state index < -0.39 is 0 Å². The van der Waals surface area contributed by atoms with Gasteiger partial charge in [-0.25, -0.2) is 0 Å². The minimum absolute atomic E-state index is 0.406. The second-order valence-corrected chi connectivity index (χ2v) is 6.37. The molecule has 0 aromatic carbocycles. The largest absolute Gasteiger partial charge is 0.303 e. The Morgan fingerprint density at radius 2 is 1.88 bits per heavy atom. The summed E-state index contributed by atoms with van der Waals surface area (Å²) in [4.78, 5) is 13.7. The van der Waals surface area contributed by atoms with Crippen LogP contribution in [0.2, 0.25) is 0 Å². The summed E-state index contributed by atoms with van der Waals surface area (Å²) in [6.45, 7) is 7.79. The van der Waals surface area contributed by atoms with E-state index in [1.54, 1.807) is 0 Å². The summed E-state index contributed by atoms with van der Waals surface area (Å²) in [5.41, 5.74) is 0.551. The molecule has 1 fully saturated rings. The number of Topliss-reactive ketones (excluding diaryl/α,β-unsaturated/α-hetero) is 1. The SMILES string of the molecule is CCC(=O)CCCN(C)C1CCC(C)(C)CC1. The first-order valence-corrected chi connectivity index (χ1v) is 7.16. The third-order valence-electron chi connectivity index (χ3n) is 4.29. The minimum Gasteiger partial charge on any atom is -0.303 e. The van der Waals surface area contributed by atoms with E-state index in [1.165, 1.54) is 25.7 Å². The molecule has 0 heterocycles. The molecule has 1 saturated carbocycles. The van der Waals surface area contributed by atoms with Gasteiger partial charge in [0.1, 0.15) is 5.78 Å². The van der Waals surface area contributed by atoms with Gasteiger partial charge in [0.2, 0.25) is 0 Å². The molecular weight excluding hydrogens is 210 g/mol. The fourth-order valence-corrected chi connectivity index (χ4v) is 2.71. The van der Waals surface area contributed by atoms with Gasteiger partial charge in [0.25, 0.3) is 0 Å². The van der Waals surface area contributed by atoms with E-state index in [0.717, 1.165) is 25.4 Å². The van der Waals surface area contributed by atoms with Crippen LogP contribution < -0.4 is 0 Å². The minimum atomic E-state index is 0.406. The molecule has 1 aliphatic carbocycles. The van der Waals surface area contributed by atoms with Crippen molar-refractivity contribution in [3.63, 3.8) is 0 Å². The van der Waals surface area contributed by atoms with Crippen molar-refractivity contribution in [1.82, 2.24) is 4.90 Å². The number of hydrogen-bond acceptors (Lipinski definition) is 2. The number of ketones is 1. The number of nitrogens with zero attached hydrogens (tertiary/aromatic N) is 1. The van der Waals surface area contributed by atoms with Crippen molar-refractivity contribution in [2.75, 3.05) is 13.6 Å². The Hall–Kier alpha value is -0.370. The van der Waals surface area contributed by atoms with Gasteiger partial charge in [-0.1, -0.05) is 20.8 Å². The molecular formula is C15H29NO. The van der Waals surface area contributed by atoms with Gasteiger partial charge in [0.15, 0.2) is 0 Å². The van der Waals surface area contributed by atoms with E-state index >= 15 is 0 Å². The molecule has 2 nitrogen and oxygen atoms in total. The molecule has 1 aliphatic rings. The molecule has 0 aromatic rings. The lowest BCUT2D eigenvalue weighted by Gasteiger charge is -2.38. The van der Waals surface area contributed by atoms with Crippen LogP contribution in [0.1, 0.15) is 65.7 Å². The Morgan fingerprint density at radius 1 is 1.29 bits per heavy atom. The fraction of sp³-hybridized carbons (Fsp3) is 0.933. The molecule has 0 spiro atoms. The van der Waals surface area contributed by atoms with Crippen molar-refractivity contribution < 1.29 is 4.79 Å². The maximum atomic E-state index is 11.2. The average Bonchev–Trinajstić information content (AvgIpc) is 2.28. The van der Waals surface area contributed by atoms with Crippen LogP contribution >= 0.6 is 0 Å². The average molecular weight is 239 g/mol. The first-order chi connectivity index (χ1) is 7.94. The summed E-state index contributed by atoms with van der Waals surface area (Å²) in [6.07, 6.45) is 7.83. The highest BCUT2D eigenvalue weighted by Crippen LogP contribution is 2.36. The highest BCUT2D eigenvalue weighted by molar-refractivity contribution is 5.77. The Morgan fingerprint density at radius 3 is 2.41 bits per heavy atom. The summed E-state index contributed by atoms with van der Waals surface area (Å²) in [5, 5.41) is 0. The van der Waals surface area contributed by atoms with Crippen LogP contribution in [0.5, 0.6) is 0 Å². The lowest BCUT2D eigenvalue weighted by Crippen LogP contribution is -2.37. The predicted molar refractivity (Wildman–Crippen MR) is 73.2 cm³/mol. The van der Waals surface area contributed by atoms with Crippen molar-refractivity contribution in [1.29, 1.82) is 0 Å². The first-order valence-electron chi connectivity index (χ1n) is 7.16. The van der Waals surface area contributed by atoms with Crippen molar-refractivity contribution in [3.05, 3.63) is 0 Å². The van der Waals surface area contributed by atoms with Gasteiger partial charge >= 0.3 is 0 Å². The summed E-state index contributed by atoms with van der Waals surface area (Å²) < 4.78 is 0. The van der Waals surface area contributed by atoms with E-state index in [0.29, 0.717) is 17.6 Å². The lowest BCUT2D eigenvalue weighted by molar-refractivity contribution is -0.118. The van der Waals surface area contributed by atoms with Crippen LogP contribution in [-0.4, -0.2) is 30.3 Å². The van der Waals surface area contributed by atoms with Gasteiger partial charge in [-0.3, -0.25) is 4.79 Å². The van der Waals surface area contributed by atoms with Crippen LogP contribution in [0.4, 0.5) is 0 Å². The second kappa shape index (κ2) is 6.53. The normalized spacial score (nSPS) is 20.8. The van der Waals surface area contributed by atoms with Crippen molar-refractivity contribution in [2.24, 2.45) is 5.41 Å². The molecule has 1 rings (SSSR count). The zero-order valence-electron chi connectivity index (χ0n) is 12.1. The lowest BCUT2D eigenvalue weighted by atomic mass is 9.75.